The van der Waals surface area contributed by atoms with Gasteiger partial charge in [0.25, 0.3) is 0 Å². The SMILES string of the molecule is CSC=C(C#N)C(=O)OSC. The summed E-state index contributed by atoms with van der Waals surface area (Å²) in [6.45, 7) is 0. The molecule has 5 heteroatoms. The van der Waals surface area contributed by atoms with Crippen molar-refractivity contribution in [2.45, 2.75) is 0 Å². The first-order valence-corrected chi connectivity index (χ1v) is 5.08. The van der Waals surface area contributed by atoms with E-state index in [1.165, 1.54) is 17.2 Å². The Morgan fingerprint density at radius 2 is 2.27 bits per heavy atom. The summed E-state index contributed by atoms with van der Waals surface area (Å²) >= 11 is 2.22. The van der Waals surface area contributed by atoms with Crippen LogP contribution in [0.1, 0.15) is 0 Å². The number of hydrogen-bond acceptors (Lipinski definition) is 5. The summed E-state index contributed by atoms with van der Waals surface area (Å²) < 4.78 is 4.52. The van der Waals surface area contributed by atoms with E-state index >= 15 is 0 Å². The molecule has 0 aromatic carbocycles. The van der Waals surface area contributed by atoms with Crippen molar-refractivity contribution in [3.05, 3.63) is 11.0 Å². The van der Waals surface area contributed by atoms with Gasteiger partial charge in [-0.2, -0.15) is 5.26 Å². The highest BCUT2D eigenvalue weighted by Crippen LogP contribution is 2.07. The fraction of sp³-hybridized carbons (Fsp3) is 0.333. The topological polar surface area (TPSA) is 50.1 Å². The molecule has 0 aromatic heterocycles. The normalized spacial score (nSPS) is 10.5. The summed E-state index contributed by atoms with van der Waals surface area (Å²) in [6, 6.07) is 1.74. The van der Waals surface area contributed by atoms with Gasteiger partial charge >= 0.3 is 5.97 Å². The number of nitriles is 1. The molecule has 0 radical (unpaired) electrons. The van der Waals surface area contributed by atoms with E-state index < -0.39 is 5.97 Å². The molecule has 0 amide bonds. The first-order valence-electron chi connectivity index (χ1n) is 2.64. The predicted octanol–water partition coefficient (Wildman–Crippen LogP) is 1.58. The molecule has 0 spiro atoms. The zero-order valence-electron chi connectivity index (χ0n) is 6.16. The molecule has 0 aliphatic carbocycles. The van der Waals surface area contributed by atoms with Crippen LogP contribution in [0.2, 0.25) is 0 Å². The number of thioether (sulfide) groups is 1. The molecule has 0 unspecified atom stereocenters. The summed E-state index contributed by atoms with van der Waals surface area (Å²) in [4.78, 5) is 10.8. The van der Waals surface area contributed by atoms with Gasteiger partial charge < -0.3 is 4.18 Å². The lowest BCUT2D eigenvalue weighted by molar-refractivity contribution is -0.128. The van der Waals surface area contributed by atoms with E-state index in [9.17, 15) is 4.79 Å². The zero-order chi connectivity index (χ0) is 8.69. The number of rotatable bonds is 3. The molecular weight excluding hydrogens is 182 g/mol. The van der Waals surface area contributed by atoms with Crippen molar-refractivity contribution in [3.8, 4) is 6.07 Å². The monoisotopic (exact) mass is 189 g/mol. The van der Waals surface area contributed by atoms with Gasteiger partial charge in [0.2, 0.25) is 0 Å². The molecule has 0 saturated carbocycles. The first kappa shape index (κ1) is 10.4. The Morgan fingerprint density at radius 1 is 1.64 bits per heavy atom. The lowest BCUT2D eigenvalue weighted by Gasteiger charge is -1.94. The van der Waals surface area contributed by atoms with E-state index in [4.69, 9.17) is 5.26 Å². The van der Waals surface area contributed by atoms with Gasteiger partial charge in [0.05, 0.1) is 12.0 Å². The summed E-state index contributed by atoms with van der Waals surface area (Å²) in [7, 11) is 0. The third-order valence-corrected chi connectivity index (χ3v) is 1.52. The van der Waals surface area contributed by atoms with Crippen molar-refractivity contribution < 1.29 is 8.98 Å². The Hall–Kier alpha value is -0.600. The molecule has 0 rings (SSSR count). The molecule has 0 heterocycles. The quantitative estimate of drug-likeness (QED) is 0.383. The number of carbonyl (C=O) groups excluding carboxylic acids is 1. The van der Waals surface area contributed by atoms with Gasteiger partial charge in [-0.15, -0.1) is 11.8 Å². The lowest BCUT2D eigenvalue weighted by Crippen LogP contribution is -2.00. The fourth-order valence-corrected chi connectivity index (χ4v) is 0.984. The van der Waals surface area contributed by atoms with E-state index in [0.717, 1.165) is 12.0 Å². The molecule has 11 heavy (non-hydrogen) atoms. The molecule has 3 nitrogen and oxygen atoms in total. The largest absolute Gasteiger partial charge is 0.388 e. The molecular formula is C6H7NO2S2. The molecule has 0 aromatic rings. The van der Waals surface area contributed by atoms with Gasteiger partial charge in [0.15, 0.2) is 0 Å². The summed E-state index contributed by atoms with van der Waals surface area (Å²) in [6.07, 6.45) is 3.38. The minimum Gasteiger partial charge on any atom is -0.388 e. The molecule has 0 atom stereocenters. The Balaban J connectivity index is 4.18. The smallest absolute Gasteiger partial charge is 0.361 e. The van der Waals surface area contributed by atoms with Crippen molar-refractivity contribution >= 4 is 29.8 Å². The van der Waals surface area contributed by atoms with Crippen LogP contribution in [-0.4, -0.2) is 18.5 Å². The average molecular weight is 189 g/mol. The Bertz CT molecular complexity index is 207. The first-order chi connectivity index (χ1) is 5.26. The van der Waals surface area contributed by atoms with E-state index in [1.807, 2.05) is 0 Å². The maximum atomic E-state index is 10.8. The van der Waals surface area contributed by atoms with Gasteiger partial charge in [-0.3, -0.25) is 0 Å². The molecule has 0 aliphatic rings. The molecule has 0 aliphatic heterocycles. The highest BCUT2D eigenvalue weighted by atomic mass is 32.2. The van der Waals surface area contributed by atoms with Crippen LogP contribution in [-0.2, 0) is 8.98 Å². The molecule has 0 N–H and O–H groups in total. The zero-order valence-corrected chi connectivity index (χ0v) is 7.79. The van der Waals surface area contributed by atoms with Crippen molar-refractivity contribution in [2.24, 2.45) is 0 Å². The van der Waals surface area contributed by atoms with Crippen LogP contribution in [0.3, 0.4) is 0 Å². The Morgan fingerprint density at radius 3 is 2.64 bits per heavy atom. The van der Waals surface area contributed by atoms with Crippen molar-refractivity contribution in [2.75, 3.05) is 12.5 Å². The maximum absolute atomic E-state index is 10.8. The van der Waals surface area contributed by atoms with Gasteiger partial charge in [0.1, 0.15) is 11.6 Å². The van der Waals surface area contributed by atoms with Crippen LogP contribution in [0.5, 0.6) is 0 Å². The highest BCUT2D eigenvalue weighted by molar-refractivity contribution is 8.01. The molecule has 0 bridgehead atoms. The van der Waals surface area contributed by atoms with Gasteiger partial charge in [-0.25, -0.2) is 4.79 Å². The van der Waals surface area contributed by atoms with E-state index in [-0.39, 0.29) is 5.57 Å². The van der Waals surface area contributed by atoms with Crippen LogP contribution in [0.25, 0.3) is 0 Å². The van der Waals surface area contributed by atoms with E-state index in [1.54, 1.807) is 18.6 Å². The van der Waals surface area contributed by atoms with Crippen molar-refractivity contribution in [1.29, 1.82) is 5.26 Å². The maximum Gasteiger partial charge on any atom is 0.361 e. The minimum atomic E-state index is -0.589. The number of carbonyl (C=O) groups is 1. The fourth-order valence-electron chi connectivity index (χ4n) is 0.359. The van der Waals surface area contributed by atoms with Crippen molar-refractivity contribution in [1.82, 2.24) is 0 Å². The number of hydrogen-bond donors (Lipinski definition) is 0. The van der Waals surface area contributed by atoms with Gasteiger partial charge in [0, 0.05) is 6.26 Å². The van der Waals surface area contributed by atoms with E-state index in [2.05, 4.69) is 4.18 Å². The van der Waals surface area contributed by atoms with E-state index in [0.29, 0.717) is 0 Å². The second kappa shape index (κ2) is 6.13. The van der Waals surface area contributed by atoms with Gasteiger partial charge in [-0.1, -0.05) is 0 Å². The summed E-state index contributed by atoms with van der Waals surface area (Å²) in [5.74, 6) is -0.589. The van der Waals surface area contributed by atoms with Crippen LogP contribution >= 0.6 is 23.8 Å². The second-order valence-corrected chi connectivity index (χ2v) is 2.62. The Labute approximate surface area is 74.0 Å². The second-order valence-electron chi connectivity index (χ2n) is 1.42. The highest BCUT2D eigenvalue weighted by Gasteiger charge is 2.08. The summed E-state index contributed by atoms with van der Waals surface area (Å²) in [5.41, 5.74) is 0.0341. The molecule has 0 fully saturated rings. The third kappa shape index (κ3) is 3.96. The minimum absolute atomic E-state index is 0.0341. The van der Waals surface area contributed by atoms with Crippen LogP contribution < -0.4 is 0 Å². The predicted molar refractivity (Wildman–Crippen MR) is 46.8 cm³/mol. The number of nitrogens with zero attached hydrogens (tertiary/aromatic N) is 1. The summed E-state index contributed by atoms with van der Waals surface area (Å²) in [5, 5.41) is 9.87. The van der Waals surface area contributed by atoms with Crippen molar-refractivity contribution in [3.63, 3.8) is 0 Å². The molecule has 60 valence electrons. The van der Waals surface area contributed by atoms with Crippen LogP contribution in [0.4, 0.5) is 0 Å². The van der Waals surface area contributed by atoms with Crippen LogP contribution in [0.15, 0.2) is 11.0 Å². The van der Waals surface area contributed by atoms with Gasteiger partial charge in [-0.05, 0) is 11.7 Å². The lowest BCUT2D eigenvalue weighted by atomic mass is 10.3. The third-order valence-electron chi connectivity index (χ3n) is 0.735. The Kier molecular flexibility index (Phi) is 5.80. The van der Waals surface area contributed by atoms with Crippen LogP contribution in [0, 0.1) is 11.3 Å². The standard InChI is InChI=1S/C6H7NO2S2/c1-10-4-5(3-7)6(8)9-11-2/h4H,1-2H3. The molecule has 0 saturated heterocycles. The average Bonchev–Trinajstić information content (AvgIpc) is 2.00.